The summed E-state index contributed by atoms with van der Waals surface area (Å²) in [7, 11) is 0. The molecule has 12 heteroatoms. The molecular weight excluding hydrogens is 877 g/mol. The highest BCUT2D eigenvalue weighted by molar-refractivity contribution is 5.80. The van der Waals surface area contributed by atoms with Gasteiger partial charge in [-0.25, -0.2) is 26.3 Å². The summed E-state index contributed by atoms with van der Waals surface area (Å²) >= 11 is 0. The van der Waals surface area contributed by atoms with Gasteiger partial charge >= 0.3 is 0 Å². The molecule has 3 N–H and O–H groups in total. The van der Waals surface area contributed by atoms with E-state index in [4.69, 9.17) is 0 Å². The van der Waals surface area contributed by atoms with Crippen molar-refractivity contribution in [3.05, 3.63) is 118 Å². The minimum absolute atomic E-state index is 0.0121. The van der Waals surface area contributed by atoms with Crippen LogP contribution >= 0.6 is 0 Å². The Balaban J connectivity index is 0.000000351. The fraction of sp³-hybridized carbons (Fsp3) is 0.589. The Morgan fingerprint density at radius 2 is 0.824 bits per heavy atom. The molecule has 6 nitrogen and oxygen atoms in total. The van der Waals surface area contributed by atoms with Crippen molar-refractivity contribution in [2.45, 2.75) is 183 Å². The van der Waals surface area contributed by atoms with Crippen molar-refractivity contribution in [3.8, 4) is 0 Å². The maximum atomic E-state index is 13.3. The van der Waals surface area contributed by atoms with E-state index in [0.717, 1.165) is 36.6 Å². The van der Waals surface area contributed by atoms with Gasteiger partial charge in [0, 0.05) is 52.6 Å². The Morgan fingerprint density at radius 1 is 0.529 bits per heavy atom. The standard InChI is InChI=1S/C20H29F2NO.C18H27F2NO.C18H25F2NO/c1-20(2,3)23-19(24)16(10-14-6-4-5-7-14)9-8-15-11-17(21)13-18(22)12-15;2*1-12(2)8-14(17(22)21-18(3,4)5)7-6-13-9-15(19)11-16(20)10-13/h11-14,16H,4-10H2,1-3H3,(H,23,24);9-12,14H,6-8H2,1-5H3,(H,21,22);9-11,14H,1,6-8H2,2-5H3,(H,21,22). The molecular formula is C56H81F6N3O3. The van der Waals surface area contributed by atoms with Crippen molar-refractivity contribution in [1.82, 2.24) is 16.0 Å². The summed E-state index contributed by atoms with van der Waals surface area (Å²) in [5, 5.41) is 9.02. The molecule has 0 bridgehead atoms. The van der Waals surface area contributed by atoms with Crippen LogP contribution in [0.15, 0.2) is 66.7 Å². The topological polar surface area (TPSA) is 87.3 Å². The molecule has 0 saturated heterocycles. The summed E-state index contributed by atoms with van der Waals surface area (Å²) in [5.41, 5.74) is 1.83. The highest BCUT2D eigenvalue weighted by Crippen LogP contribution is 2.32. The van der Waals surface area contributed by atoms with Gasteiger partial charge in [-0.3, -0.25) is 14.4 Å². The lowest BCUT2D eigenvalue weighted by atomic mass is 9.87. The van der Waals surface area contributed by atoms with E-state index < -0.39 is 34.9 Å². The number of allylic oxidation sites excluding steroid dienone is 1. The Bertz CT molecular complexity index is 2020. The summed E-state index contributed by atoms with van der Waals surface area (Å²) in [4.78, 5) is 37.4. The van der Waals surface area contributed by atoms with Gasteiger partial charge in [0.15, 0.2) is 0 Å². The second kappa shape index (κ2) is 27.5. The second-order valence-electron chi connectivity index (χ2n) is 22.4. The van der Waals surface area contributed by atoms with Crippen molar-refractivity contribution in [2.24, 2.45) is 29.6 Å². The third kappa shape index (κ3) is 26.2. The number of hydrogen-bond donors (Lipinski definition) is 3. The molecule has 3 amide bonds. The fourth-order valence-electron chi connectivity index (χ4n) is 8.38. The summed E-state index contributed by atoms with van der Waals surface area (Å²) < 4.78 is 79.6. The van der Waals surface area contributed by atoms with E-state index in [1.165, 1.54) is 62.1 Å². The van der Waals surface area contributed by atoms with E-state index in [2.05, 4.69) is 36.4 Å². The summed E-state index contributed by atoms with van der Waals surface area (Å²) in [6.45, 7) is 27.4. The maximum absolute atomic E-state index is 13.3. The van der Waals surface area contributed by atoms with Crippen LogP contribution in [0.2, 0.25) is 0 Å². The molecule has 380 valence electrons. The molecule has 1 fully saturated rings. The molecule has 3 aromatic carbocycles. The Labute approximate surface area is 404 Å². The van der Waals surface area contributed by atoms with Gasteiger partial charge in [-0.15, -0.1) is 6.58 Å². The number of aryl methyl sites for hydroxylation is 3. The van der Waals surface area contributed by atoms with Gasteiger partial charge in [0.05, 0.1) is 0 Å². The largest absolute Gasteiger partial charge is 0.351 e. The van der Waals surface area contributed by atoms with Crippen molar-refractivity contribution in [2.75, 3.05) is 0 Å². The zero-order chi connectivity index (χ0) is 51.6. The average Bonchev–Trinajstić information content (AvgIpc) is 3.67. The number of carbonyl (C=O) groups excluding carboxylic acids is 3. The van der Waals surface area contributed by atoms with E-state index in [0.29, 0.717) is 73.5 Å². The van der Waals surface area contributed by atoms with Gasteiger partial charge in [0.2, 0.25) is 17.7 Å². The predicted octanol–water partition coefficient (Wildman–Crippen LogP) is 13.9. The molecule has 0 aliphatic heterocycles. The van der Waals surface area contributed by atoms with Gasteiger partial charge in [0.1, 0.15) is 34.9 Å². The molecule has 68 heavy (non-hydrogen) atoms. The van der Waals surface area contributed by atoms with Crippen LogP contribution in [0.3, 0.4) is 0 Å². The monoisotopic (exact) mass is 958 g/mol. The second-order valence-corrected chi connectivity index (χ2v) is 22.4. The first-order valence-corrected chi connectivity index (χ1v) is 24.3. The number of rotatable bonds is 18. The molecule has 0 radical (unpaired) electrons. The molecule has 0 aromatic heterocycles. The summed E-state index contributed by atoms with van der Waals surface area (Å²) in [5.74, 6) is -2.93. The molecule has 1 aliphatic carbocycles. The predicted molar refractivity (Wildman–Crippen MR) is 264 cm³/mol. The average molecular weight is 958 g/mol. The maximum Gasteiger partial charge on any atom is 0.223 e. The number of nitrogens with one attached hydrogen (secondary N) is 3. The quantitative estimate of drug-likeness (QED) is 0.0877. The van der Waals surface area contributed by atoms with Crippen LogP contribution in [0.25, 0.3) is 0 Å². The van der Waals surface area contributed by atoms with Crippen molar-refractivity contribution in [3.63, 3.8) is 0 Å². The first-order chi connectivity index (χ1) is 31.4. The van der Waals surface area contributed by atoms with Crippen LogP contribution in [-0.2, 0) is 33.6 Å². The normalized spacial score (nSPS) is 14.5. The molecule has 0 spiro atoms. The van der Waals surface area contributed by atoms with Gasteiger partial charge in [-0.2, -0.15) is 0 Å². The Morgan fingerprint density at radius 3 is 1.13 bits per heavy atom. The molecule has 3 atom stereocenters. The van der Waals surface area contributed by atoms with Crippen LogP contribution in [0.5, 0.6) is 0 Å². The van der Waals surface area contributed by atoms with Crippen molar-refractivity contribution in [1.29, 1.82) is 0 Å². The lowest BCUT2D eigenvalue weighted by Gasteiger charge is -2.26. The Hall–Kier alpha value is -4.61. The van der Waals surface area contributed by atoms with Crippen LogP contribution in [0.4, 0.5) is 26.3 Å². The summed E-state index contributed by atoms with van der Waals surface area (Å²) in [6, 6.07) is 10.6. The zero-order valence-corrected chi connectivity index (χ0v) is 43.0. The lowest BCUT2D eigenvalue weighted by molar-refractivity contribution is -0.128. The van der Waals surface area contributed by atoms with Crippen LogP contribution < -0.4 is 16.0 Å². The van der Waals surface area contributed by atoms with Crippen LogP contribution in [0, 0.1) is 64.5 Å². The van der Waals surface area contributed by atoms with Crippen molar-refractivity contribution >= 4 is 17.7 Å². The zero-order valence-electron chi connectivity index (χ0n) is 43.0. The van der Waals surface area contributed by atoms with Crippen molar-refractivity contribution < 1.29 is 40.7 Å². The highest BCUT2D eigenvalue weighted by Gasteiger charge is 2.28. The van der Waals surface area contributed by atoms with Crippen LogP contribution in [0.1, 0.15) is 164 Å². The minimum Gasteiger partial charge on any atom is -0.351 e. The molecule has 4 rings (SSSR count). The molecule has 1 saturated carbocycles. The first kappa shape index (κ1) is 59.5. The summed E-state index contributed by atoms with van der Waals surface area (Å²) in [6.07, 6.45) is 10.3. The van der Waals surface area contributed by atoms with E-state index in [-0.39, 0.29) is 52.1 Å². The van der Waals surface area contributed by atoms with Gasteiger partial charge < -0.3 is 16.0 Å². The van der Waals surface area contributed by atoms with Gasteiger partial charge in [-0.05, 0) is 192 Å². The van der Waals surface area contributed by atoms with Crippen LogP contribution in [-0.4, -0.2) is 34.3 Å². The smallest absolute Gasteiger partial charge is 0.223 e. The number of carbonyl (C=O) groups is 3. The number of amides is 3. The van der Waals surface area contributed by atoms with E-state index in [1.807, 2.05) is 69.2 Å². The SMILES string of the molecule is C=C(C)CC(CCc1cc(F)cc(F)c1)C(=O)NC(C)(C)C.CC(C)(C)NC(=O)C(CCc1cc(F)cc(F)c1)CC1CCCC1.CC(C)CC(CCc1cc(F)cc(F)c1)C(=O)NC(C)(C)C. The first-order valence-electron chi connectivity index (χ1n) is 24.3. The lowest BCUT2D eigenvalue weighted by Crippen LogP contribution is -2.44. The van der Waals surface area contributed by atoms with E-state index >= 15 is 0 Å². The number of hydrogen-bond acceptors (Lipinski definition) is 3. The van der Waals surface area contributed by atoms with Gasteiger partial charge in [-0.1, -0.05) is 45.1 Å². The molecule has 3 unspecified atom stereocenters. The highest BCUT2D eigenvalue weighted by atomic mass is 19.2. The molecule has 3 aromatic rings. The number of halogens is 6. The van der Waals surface area contributed by atoms with E-state index in [9.17, 15) is 40.7 Å². The molecule has 1 aliphatic rings. The third-order valence-electron chi connectivity index (χ3n) is 11.2. The molecule has 0 heterocycles. The minimum atomic E-state index is -0.592. The third-order valence-corrected chi connectivity index (χ3v) is 11.2. The van der Waals surface area contributed by atoms with Gasteiger partial charge in [0.25, 0.3) is 0 Å². The number of benzene rings is 3. The Kier molecular flexibility index (Phi) is 24.1. The fourth-order valence-corrected chi connectivity index (χ4v) is 8.38. The van der Waals surface area contributed by atoms with E-state index in [1.54, 1.807) is 0 Å².